The lowest BCUT2D eigenvalue weighted by atomic mass is 10.3. The van der Waals surface area contributed by atoms with E-state index in [-0.39, 0.29) is 24.7 Å². The van der Waals surface area contributed by atoms with Gasteiger partial charge in [-0.15, -0.1) is 10.2 Å². The smallest absolute Gasteiger partial charge is 0.230 e. The molecule has 0 bridgehead atoms. The average Bonchev–Trinajstić information content (AvgIpc) is 3.21. The predicted molar refractivity (Wildman–Crippen MR) is 122 cm³/mol. The normalized spacial score (nSPS) is 10.4. The molecular weight excluding hydrogens is 450 g/mol. The Hall–Kier alpha value is -3.22. The lowest BCUT2D eigenvalue weighted by Crippen LogP contribution is -2.26. The lowest BCUT2D eigenvalue weighted by molar-refractivity contribution is -0.118. The quantitative estimate of drug-likeness (QED) is 0.333. The molecule has 2 aromatic carbocycles. The molecule has 0 aliphatic rings. The Labute approximate surface area is 195 Å². The maximum atomic E-state index is 12.0. The van der Waals surface area contributed by atoms with Crippen LogP contribution in [0.15, 0.2) is 53.7 Å². The number of nitrogens with one attached hydrogen (secondary N) is 1. The summed E-state index contributed by atoms with van der Waals surface area (Å²) in [6.45, 7) is 3.03. The van der Waals surface area contributed by atoms with Crippen LogP contribution in [0.3, 0.4) is 0 Å². The van der Waals surface area contributed by atoms with Gasteiger partial charge in [-0.1, -0.05) is 23.4 Å². The maximum Gasteiger partial charge on any atom is 0.230 e. The van der Waals surface area contributed by atoms with Crippen LogP contribution in [-0.2, 0) is 11.4 Å². The molecule has 0 atom stereocenters. The van der Waals surface area contributed by atoms with Gasteiger partial charge in [0, 0.05) is 17.3 Å². The van der Waals surface area contributed by atoms with E-state index >= 15 is 0 Å². The van der Waals surface area contributed by atoms with Gasteiger partial charge in [-0.2, -0.15) is 5.26 Å². The number of rotatable bonds is 11. The molecule has 0 saturated carbocycles. The Morgan fingerprint density at radius 2 is 1.81 bits per heavy atom. The Morgan fingerprint density at radius 1 is 1.12 bits per heavy atom. The molecule has 0 fully saturated rings. The molecule has 8 nitrogen and oxygen atoms in total. The summed E-state index contributed by atoms with van der Waals surface area (Å²) in [6, 6.07) is 16.6. The second-order valence-electron chi connectivity index (χ2n) is 6.45. The highest BCUT2D eigenvalue weighted by molar-refractivity contribution is 7.99. The van der Waals surface area contributed by atoms with Gasteiger partial charge in [0.25, 0.3) is 0 Å². The SMILES string of the molecule is CCOc1ccc(OCc2nnc(SCC(=O)NCCC#N)n2-c2ccc(Cl)cc2)cc1. The van der Waals surface area contributed by atoms with Gasteiger partial charge in [-0.3, -0.25) is 9.36 Å². The molecule has 1 heterocycles. The minimum absolute atomic E-state index is 0.150. The maximum absolute atomic E-state index is 12.0. The van der Waals surface area contributed by atoms with E-state index in [1.807, 2.05) is 54.0 Å². The van der Waals surface area contributed by atoms with Crippen LogP contribution in [0.25, 0.3) is 5.69 Å². The highest BCUT2D eigenvalue weighted by atomic mass is 35.5. The van der Waals surface area contributed by atoms with Crippen LogP contribution in [0, 0.1) is 11.3 Å². The van der Waals surface area contributed by atoms with Crippen LogP contribution >= 0.6 is 23.4 Å². The first-order chi connectivity index (χ1) is 15.6. The van der Waals surface area contributed by atoms with Crippen molar-refractivity contribution in [3.8, 4) is 23.3 Å². The van der Waals surface area contributed by atoms with Gasteiger partial charge in [-0.25, -0.2) is 0 Å². The van der Waals surface area contributed by atoms with Crippen molar-refractivity contribution in [3.63, 3.8) is 0 Å². The fraction of sp³-hybridized carbons (Fsp3) is 0.273. The van der Waals surface area contributed by atoms with Crippen LogP contribution < -0.4 is 14.8 Å². The van der Waals surface area contributed by atoms with E-state index in [0.717, 1.165) is 11.4 Å². The number of benzene rings is 2. The number of hydrogen-bond donors (Lipinski definition) is 1. The molecule has 0 saturated heterocycles. The molecule has 10 heteroatoms. The Morgan fingerprint density at radius 3 is 2.47 bits per heavy atom. The molecule has 0 radical (unpaired) electrons. The van der Waals surface area contributed by atoms with Crippen LogP contribution in [0.2, 0.25) is 5.02 Å². The minimum Gasteiger partial charge on any atom is -0.494 e. The number of hydrogen-bond acceptors (Lipinski definition) is 7. The molecule has 166 valence electrons. The van der Waals surface area contributed by atoms with Gasteiger partial charge in [0.2, 0.25) is 5.91 Å². The molecule has 0 spiro atoms. The van der Waals surface area contributed by atoms with E-state index in [2.05, 4.69) is 15.5 Å². The molecule has 0 unspecified atom stereocenters. The number of carbonyl (C=O) groups excluding carboxylic acids is 1. The summed E-state index contributed by atoms with van der Waals surface area (Å²) < 4.78 is 13.2. The standard InChI is InChI=1S/C22H22ClN5O3S/c1-2-30-18-8-10-19(11-9-18)31-14-20-26-27-22(32-15-21(29)25-13-3-12-24)28(20)17-6-4-16(23)5-7-17/h4-11H,2-3,13-15H2,1H3,(H,25,29). The molecule has 32 heavy (non-hydrogen) atoms. The first-order valence-electron chi connectivity index (χ1n) is 9.93. The number of aromatic nitrogens is 3. The second kappa shape index (κ2) is 12.0. The molecule has 1 aromatic heterocycles. The second-order valence-corrected chi connectivity index (χ2v) is 7.83. The predicted octanol–water partition coefficient (Wildman–Crippen LogP) is 4.02. The summed E-state index contributed by atoms with van der Waals surface area (Å²) in [5.41, 5.74) is 0.803. The molecule has 3 rings (SSSR count). The summed E-state index contributed by atoms with van der Waals surface area (Å²) in [6.07, 6.45) is 0.268. The molecule has 1 N–H and O–H groups in total. The van der Waals surface area contributed by atoms with Gasteiger partial charge in [0.15, 0.2) is 11.0 Å². The van der Waals surface area contributed by atoms with Gasteiger partial charge in [0.05, 0.1) is 24.8 Å². The zero-order valence-corrected chi connectivity index (χ0v) is 19.0. The van der Waals surface area contributed by atoms with Crippen LogP contribution in [0.5, 0.6) is 11.5 Å². The van der Waals surface area contributed by atoms with Crippen molar-refractivity contribution < 1.29 is 14.3 Å². The fourth-order valence-corrected chi connectivity index (χ4v) is 3.65. The number of halogens is 1. The Balaban J connectivity index is 1.74. The van der Waals surface area contributed by atoms with Crippen molar-refractivity contribution in [2.45, 2.75) is 25.1 Å². The van der Waals surface area contributed by atoms with Crippen LogP contribution in [-0.4, -0.2) is 39.6 Å². The van der Waals surface area contributed by atoms with Gasteiger partial charge in [0.1, 0.15) is 18.1 Å². The third-order valence-electron chi connectivity index (χ3n) is 4.18. The fourth-order valence-electron chi connectivity index (χ4n) is 2.72. The average molecular weight is 472 g/mol. The molecule has 0 aliphatic carbocycles. The van der Waals surface area contributed by atoms with Crippen molar-refractivity contribution in [3.05, 3.63) is 59.4 Å². The third-order valence-corrected chi connectivity index (χ3v) is 5.36. The molecule has 0 aliphatic heterocycles. The summed E-state index contributed by atoms with van der Waals surface area (Å²) in [5, 5.41) is 21.0. The third kappa shape index (κ3) is 6.64. The summed E-state index contributed by atoms with van der Waals surface area (Å²) in [7, 11) is 0. The van der Waals surface area contributed by atoms with Gasteiger partial charge >= 0.3 is 0 Å². The summed E-state index contributed by atoms with van der Waals surface area (Å²) in [4.78, 5) is 12.0. The van der Waals surface area contributed by atoms with Crippen molar-refractivity contribution in [1.29, 1.82) is 5.26 Å². The highest BCUT2D eigenvalue weighted by Crippen LogP contribution is 2.25. The van der Waals surface area contributed by atoms with E-state index in [1.54, 1.807) is 12.1 Å². The summed E-state index contributed by atoms with van der Waals surface area (Å²) in [5.74, 6) is 1.99. The number of amides is 1. The van der Waals surface area contributed by atoms with Crippen molar-refractivity contribution in [1.82, 2.24) is 20.1 Å². The van der Waals surface area contributed by atoms with E-state index in [0.29, 0.717) is 34.9 Å². The Bertz CT molecular complexity index is 1060. The monoisotopic (exact) mass is 471 g/mol. The van der Waals surface area contributed by atoms with Crippen molar-refractivity contribution in [2.75, 3.05) is 18.9 Å². The zero-order chi connectivity index (χ0) is 22.8. The first-order valence-corrected chi connectivity index (χ1v) is 11.3. The van der Waals surface area contributed by atoms with Crippen molar-refractivity contribution in [2.24, 2.45) is 0 Å². The largest absolute Gasteiger partial charge is 0.494 e. The van der Waals surface area contributed by atoms with E-state index < -0.39 is 0 Å². The van der Waals surface area contributed by atoms with E-state index in [1.165, 1.54) is 11.8 Å². The number of carbonyl (C=O) groups is 1. The van der Waals surface area contributed by atoms with Gasteiger partial charge < -0.3 is 14.8 Å². The molecular formula is C22H22ClN5O3S. The number of nitriles is 1. The van der Waals surface area contributed by atoms with E-state index in [4.69, 9.17) is 26.3 Å². The van der Waals surface area contributed by atoms with Crippen LogP contribution in [0.4, 0.5) is 0 Å². The molecule has 3 aromatic rings. The number of nitrogens with zero attached hydrogens (tertiary/aromatic N) is 4. The first kappa shape index (κ1) is 23.4. The minimum atomic E-state index is -0.178. The lowest BCUT2D eigenvalue weighted by Gasteiger charge is -2.12. The van der Waals surface area contributed by atoms with Gasteiger partial charge in [-0.05, 0) is 55.5 Å². The highest BCUT2D eigenvalue weighted by Gasteiger charge is 2.16. The topological polar surface area (TPSA) is 102 Å². The molecule has 1 amide bonds. The zero-order valence-electron chi connectivity index (χ0n) is 17.5. The Kier molecular flexibility index (Phi) is 8.78. The van der Waals surface area contributed by atoms with Crippen LogP contribution in [0.1, 0.15) is 19.2 Å². The van der Waals surface area contributed by atoms with Crippen molar-refractivity contribution >= 4 is 29.3 Å². The number of ether oxygens (including phenoxy) is 2. The van der Waals surface area contributed by atoms with E-state index in [9.17, 15) is 4.79 Å². The summed E-state index contributed by atoms with van der Waals surface area (Å²) >= 11 is 7.29. The number of thioether (sulfide) groups is 1.